The predicted octanol–water partition coefficient (Wildman–Crippen LogP) is 2.66. The monoisotopic (exact) mass is 330 g/mol. The molecule has 1 aliphatic heterocycles. The van der Waals surface area contributed by atoms with Crippen molar-refractivity contribution in [2.75, 3.05) is 14.2 Å². The van der Waals surface area contributed by atoms with Crippen molar-refractivity contribution in [3.05, 3.63) is 29.8 Å². The summed E-state index contributed by atoms with van der Waals surface area (Å²) in [4.78, 5) is 26.7. The third-order valence-corrected chi connectivity index (χ3v) is 5.36. The summed E-state index contributed by atoms with van der Waals surface area (Å²) in [6.07, 6.45) is 5.57. The Labute approximate surface area is 143 Å². The number of carbonyl (C=O) groups excluding carboxylic acids is 2. The minimum atomic E-state index is -0.210. The highest BCUT2D eigenvalue weighted by molar-refractivity contribution is 5.85. The van der Waals surface area contributed by atoms with Gasteiger partial charge in [-0.2, -0.15) is 0 Å². The second kappa shape index (κ2) is 7.24. The Morgan fingerprint density at radius 2 is 1.83 bits per heavy atom. The van der Waals surface area contributed by atoms with Crippen LogP contribution in [0.25, 0.3) is 0 Å². The van der Waals surface area contributed by atoms with Gasteiger partial charge in [0.15, 0.2) is 0 Å². The van der Waals surface area contributed by atoms with Crippen molar-refractivity contribution in [1.29, 1.82) is 0 Å². The number of nitrogens with zero attached hydrogens (tertiary/aromatic N) is 1. The first-order chi connectivity index (χ1) is 11.6. The fourth-order valence-corrected chi connectivity index (χ4v) is 3.95. The van der Waals surface area contributed by atoms with Gasteiger partial charge in [0, 0.05) is 19.5 Å². The van der Waals surface area contributed by atoms with Gasteiger partial charge < -0.3 is 15.0 Å². The van der Waals surface area contributed by atoms with Crippen molar-refractivity contribution in [3.63, 3.8) is 0 Å². The number of carbonyl (C=O) groups is 2. The Kier molecular flexibility index (Phi) is 5.07. The molecule has 1 N–H and O–H groups in total. The van der Waals surface area contributed by atoms with Crippen molar-refractivity contribution in [1.82, 2.24) is 10.2 Å². The molecule has 1 aliphatic carbocycles. The highest BCUT2D eigenvalue weighted by atomic mass is 16.5. The van der Waals surface area contributed by atoms with Gasteiger partial charge in [0.2, 0.25) is 11.8 Å². The number of benzene rings is 1. The first-order valence-electron chi connectivity index (χ1n) is 8.80. The van der Waals surface area contributed by atoms with Gasteiger partial charge in [0.05, 0.1) is 19.1 Å². The quantitative estimate of drug-likeness (QED) is 0.923. The Bertz CT molecular complexity index is 593. The van der Waals surface area contributed by atoms with Gasteiger partial charge >= 0.3 is 0 Å². The van der Waals surface area contributed by atoms with Crippen LogP contribution in [0.5, 0.6) is 5.75 Å². The summed E-state index contributed by atoms with van der Waals surface area (Å²) < 4.78 is 5.21. The molecule has 0 spiro atoms. The van der Waals surface area contributed by atoms with Gasteiger partial charge in [-0.1, -0.05) is 25.0 Å². The number of amides is 2. The number of piperidine rings is 1. The molecular weight excluding hydrogens is 304 g/mol. The molecule has 3 rings (SSSR count). The summed E-state index contributed by atoms with van der Waals surface area (Å²) >= 11 is 0. The number of rotatable bonds is 4. The Morgan fingerprint density at radius 3 is 2.46 bits per heavy atom. The molecular formula is C19H26N2O3. The molecule has 1 saturated carbocycles. The van der Waals surface area contributed by atoms with Crippen molar-refractivity contribution in [2.45, 2.75) is 50.6 Å². The minimum absolute atomic E-state index is 0.0852. The third kappa shape index (κ3) is 3.40. The molecule has 0 bridgehead atoms. The molecule has 0 radical (unpaired) electrons. The number of methoxy groups -OCH3 is 1. The fourth-order valence-electron chi connectivity index (χ4n) is 3.95. The summed E-state index contributed by atoms with van der Waals surface area (Å²) in [7, 11) is 3.43. The number of hydrogen-bond donors (Lipinski definition) is 1. The maximum absolute atomic E-state index is 12.8. The standard InChI is InChI=1S/C19H26N2O3/c1-21-17(22)12-11-16(19(23)20-14-5-3-4-6-14)18(21)13-7-9-15(24-2)10-8-13/h7-10,14,16,18H,3-6,11-12H2,1-2H3,(H,20,23)/t16-,18+/m1/s1. The number of likely N-dealkylation sites (tertiary alicyclic amines) is 1. The second-order valence-electron chi connectivity index (χ2n) is 6.86. The summed E-state index contributed by atoms with van der Waals surface area (Å²) in [6.45, 7) is 0. The zero-order chi connectivity index (χ0) is 17.1. The molecule has 0 aromatic heterocycles. The molecule has 24 heavy (non-hydrogen) atoms. The molecule has 130 valence electrons. The normalized spacial score (nSPS) is 24.9. The van der Waals surface area contributed by atoms with Crippen LogP contribution >= 0.6 is 0 Å². The number of nitrogens with one attached hydrogen (secondary N) is 1. The third-order valence-electron chi connectivity index (χ3n) is 5.36. The zero-order valence-corrected chi connectivity index (χ0v) is 14.5. The van der Waals surface area contributed by atoms with E-state index in [4.69, 9.17) is 4.74 Å². The van der Waals surface area contributed by atoms with E-state index in [1.54, 1.807) is 19.1 Å². The highest BCUT2D eigenvalue weighted by Crippen LogP contribution is 2.36. The number of hydrogen-bond acceptors (Lipinski definition) is 3. The lowest BCUT2D eigenvalue weighted by molar-refractivity contribution is -0.141. The summed E-state index contributed by atoms with van der Waals surface area (Å²) in [5.74, 6) is 0.764. The Hall–Kier alpha value is -2.04. The smallest absolute Gasteiger partial charge is 0.225 e. The molecule has 0 unspecified atom stereocenters. The molecule has 1 aromatic carbocycles. The molecule has 2 atom stereocenters. The Balaban J connectivity index is 1.81. The van der Waals surface area contributed by atoms with Crippen LogP contribution in [0, 0.1) is 5.92 Å². The largest absolute Gasteiger partial charge is 0.497 e. The average Bonchev–Trinajstić information content (AvgIpc) is 3.10. The van der Waals surface area contributed by atoms with Crippen molar-refractivity contribution < 1.29 is 14.3 Å². The van der Waals surface area contributed by atoms with Crippen LogP contribution < -0.4 is 10.1 Å². The van der Waals surface area contributed by atoms with Gasteiger partial charge in [-0.25, -0.2) is 0 Å². The summed E-state index contributed by atoms with van der Waals surface area (Å²) in [5, 5.41) is 3.20. The van der Waals surface area contributed by atoms with Crippen molar-refractivity contribution in [3.8, 4) is 5.75 Å². The topological polar surface area (TPSA) is 58.6 Å². The van der Waals surface area contributed by atoms with Gasteiger partial charge in [-0.15, -0.1) is 0 Å². The van der Waals surface area contributed by atoms with Crippen LogP contribution in [0.2, 0.25) is 0 Å². The predicted molar refractivity (Wildman–Crippen MR) is 91.6 cm³/mol. The van der Waals surface area contributed by atoms with Crippen molar-refractivity contribution >= 4 is 11.8 Å². The van der Waals surface area contributed by atoms with E-state index in [0.29, 0.717) is 18.9 Å². The highest BCUT2D eigenvalue weighted by Gasteiger charge is 2.39. The first kappa shape index (κ1) is 16.8. The van der Waals surface area contributed by atoms with Crippen LogP contribution in [-0.2, 0) is 9.59 Å². The molecule has 2 amide bonds. The van der Waals surface area contributed by atoms with E-state index in [1.807, 2.05) is 24.3 Å². The van der Waals surface area contributed by atoms with Crippen molar-refractivity contribution in [2.24, 2.45) is 5.92 Å². The Morgan fingerprint density at radius 1 is 1.17 bits per heavy atom. The number of ether oxygens (including phenoxy) is 1. The second-order valence-corrected chi connectivity index (χ2v) is 6.86. The summed E-state index contributed by atoms with van der Waals surface area (Å²) in [6, 6.07) is 7.76. The van der Waals surface area contributed by atoms with Gasteiger partial charge in [-0.3, -0.25) is 9.59 Å². The van der Waals surface area contributed by atoms with Gasteiger partial charge in [0.25, 0.3) is 0 Å². The van der Waals surface area contributed by atoms with E-state index in [2.05, 4.69) is 5.32 Å². The lowest BCUT2D eigenvalue weighted by Gasteiger charge is -2.39. The van der Waals surface area contributed by atoms with Crippen LogP contribution in [0.4, 0.5) is 0 Å². The summed E-state index contributed by atoms with van der Waals surface area (Å²) in [5.41, 5.74) is 0.984. The van der Waals surface area contributed by atoms with Crippen LogP contribution in [0.3, 0.4) is 0 Å². The lowest BCUT2D eigenvalue weighted by Crippen LogP contribution is -2.48. The zero-order valence-electron chi connectivity index (χ0n) is 14.5. The maximum atomic E-state index is 12.8. The first-order valence-corrected chi connectivity index (χ1v) is 8.80. The lowest BCUT2D eigenvalue weighted by atomic mass is 9.83. The van der Waals surface area contributed by atoms with E-state index in [0.717, 1.165) is 24.2 Å². The molecule has 2 aliphatic rings. The minimum Gasteiger partial charge on any atom is -0.497 e. The molecule has 5 heteroatoms. The molecule has 1 saturated heterocycles. The molecule has 1 heterocycles. The van der Waals surface area contributed by atoms with E-state index in [9.17, 15) is 9.59 Å². The van der Waals surface area contributed by atoms with Crippen LogP contribution in [0.15, 0.2) is 24.3 Å². The molecule has 5 nitrogen and oxygen atoms in total. The molecule has 2 fully saturated rings. The van der Waals surface area contributed by atoms with E-state index in [-0.39, 0.29) is 23.8 Å². The SMILES string of the molecule is COc1ccc([C@H]2[C@H](C(=O)NC3CCCC3)CCC(=O)N2C)cc1. The fraction of sp³-hybridized carbons (Fsp3) is 0.579. The molecule has 1 aromatic rings. The van der Waals surface area contributed by atoms with E-state index >= 15 is 0 Å². The average molecular weight is 330 g/mol. The van der Waals surface area contributed by atoms with E-state index < -0.39 is 0 Å². The van der Waals surface area contributed by atoms with Crippen LogP contribution in [-0.4, -0.2) is 36.9 Å². The van der Waals surface area contributed by atoms with Gasteiger partial charge in [0.1, 0.15) is 5.75 Å². The van der Waals surface area contributed by atoms with Gasteiger partial charge in [-0.05, 0) is 37.0 Å². The van der Waals surface area contributed by atoms with Crippen LogP contribution in [0.1, 0.15) is 50.1 Å². The van der Waals surface area contributed by atoms with E-state index in [1.165, 1.54) is 12.8 Å². The maximum Gasteiger partial charge on any atom is 0.225 e.